The zero-order valence-electron chi connectivity index (χ0n) is 46.3. The average Bonchev–Trinajstić information content (AvgIpc) is 3.34. The highest BCUT2D eigenvalue weighted by Gasteiger charge is 2.26. The van der Waals surface area contributed by atoms with Gasteiger partial charge in [0.1, 0.15) is 6.10 Å². The summed E-state index contributed by atoms with van der Waals surface area (Å²) < 4.78 is 0. The number of amides is 1. The quantitative estimate of drug-likeness (QED) is 0.0361. The van der Waals surface area contributed by atoms with Crippen molar-refractivity contribution >= 4 is 5.91 Å². The van der Waals surface area contributed by atoms with E-state index in [0.717, 1.165) is 44.9 Å². The molecule has 0 aromatic rings. The smallest absolute Gasteiger partial charge is 0.220 e. The van der Waals surface area contributed by atoms with Crippen LogP contribution in [0.3, 0.4) is 0 Å². The summed E-state index contributed by atoms with van der Waals surface area (Å²) >= 11 is 0. The second-order valence-electron chi connectivity index (χ2n) is 21.6. The number of nitrogens with one attached hydrogen (secondary N) is 1. The van der Waals surface area contributed by atoms with E-state index in [1.807, 2.05) is 0 Å². The van der Waals surface area contributed by atoms with E-state index in [2.05, 4.69) is 43.5 Å². The van der Waals surface area contributed by atoms with Crippen molar-refractivity contribution in [1.29, 1.82) is 0 Å². The summed E-state index contributed by atoms with van der Waals surface area (Å²) in [5.74, 6) is -0.151. The van der Waals surface area contributed by atoms with Crippen LogP contribution in [0.15, 0.2) is 24.3 Å². The van der Waals surface area contributed by atoms with Crippen LogP contribution in [-0.4, -0.2) is 46.1 Å². The van der Waals surface area contributed by atoms with Gasteiger partial charge in [-0.1, -0.05) is 314 Å². The molecule has 0 saturated carbocycles. The molecule has 0 aromatic heterocycles. The number of aliphatic hydroxyl groups excluding tert-OH is 3. The molecule has 0 aliphatic heterocycles. The molecule has 404 valence electrons. The molecule has 1 amide bonds. The van der Waals surface area contributed by atoms with Gasteiger partial charge in [0.15, 0.2) is 0 Å². The van der Waals surface area contributed by atoms with Gasteiger partial charge in [-0.3, -0.25) is 4.79 Å². The summed E-state index contributed by atoms with van der Waals surface area (Å²) in [6, 6.07) is -0.830. The van der Waals surface area contributed by atoms with Crippen molar-refractivity contribution < 1.29 is 20.1 Å². The third-order valence-corrected chi connectivity index (χ3v) is 14.8. The van der Waals surface area contributed by atoms with Gasteiger partial charge in [-0.2, -0.15) is 0 Å². The minimum absolute atomic E-state index is 0.151. The highest BCUT2D eigenvalue weighted by molar-refractivity contribution is 5.76. The van der Waals surface area contributed by atoms with Gasteiger partial charge >= 0.3 is 0 Å². The van der Waals surface area contributed by atoms with Crippen molar-refractivity contribution in [2.24, 2.45) is 0 Å². The number of carbonyl (C=O) groups is 1. The maximum absolute atomic E-state index is 12.5. The SMILES string of the molecule is CCCCCCCCCC/C=C/CC/C=C/CCCC(O)C(O)C(CO)NC(=O)CCCCCCCCCCCCCCCCCCCCCCCCCCCCCCCCCCCCCCC. The Balaban J connectivity index is 3.45. The Bertz CT molecular complexity index is 1010. The third kappa shape index (κ3) is 52.6. The Hall–Kier alpha value is -1.17. The summed E-state index contributed by atoms with van der Waals surface area (Å²) in [4.78, 5) is 12.5. The summed E-state index contributed by atoms with van der Waals surface area (Å²) in [5, 5.41) is 33.7. The Kier molecular flexibility index (Phi) is 57.4. The standard InChI is InChI=1S/C63H123NO4/c1-3-5-7-9-11-13-15-17-19-21-22-23-24-25-26-27-28-29-30-31-32-33-34-35-36-37-38-39-40-42-44-46-48-50-52-54-56-58-62(67)64-60(59-65)63(68)61(66)57-55-53-51-49-47-45-43-41-20-18-16-14-12-10-8-6-4-2/h41,43,49,51,60-61,63,65-66,68H,3-40,42,44-48,50,52-59H2,1-2H3,(H,64,67)/b43-41+,51-49+. The van der Waals surface area contributed by atoms with Crippen LogP contribution in [0, 0.1) is 0 Å². The number of rotatable bonds is 58. The largest absolute Gasteiger partial charge is 0.394 e. The van der Waals surface area contributed by atoms with Crippen molar-refractivity contribution in [3.63, 3.8) is 0 Å². The van der Waals surface area contributed by atoms with Gasteiger partial charge < -0.3 is 20.6 Å². The maximum Gasteiger partial charge on any atom is 0.220 e. The van der Waals surface area contributed by atoms with Crippen LogP contribution < -0.4 is 5.32 Å². The fraction of sp³-hybridized carbons (Fsp3) is 0.921. The molecule has 0 spiro atoms. The first kappa shape index (κ1) is 66.8. The average molecular weight is 959 g/mol. The first-order valence-corrected chi connectivity index (χ1v) is 31.1. The molecule has 0 fully saturated rings. The second-order valence-corrected chi connectivity index (χ2v) is 21.6. The Morgan fingerprint density at radius 3 is 0.897 bits per heavy atom. The molecular weight excluding hydrogens is 835 g/mol. The zero-order chi connectivity index (χ0) is 49.3. The van der Waals surface area contributed by atoms with E-state index in [0.29, 0.717) is 12.8 Å². The minimum Gasteiger partial charge on any atom is -0.394 e. The van der Waals surface area contributed by atoms with Gasteiger partial charge in [-0.05, 0) is 51.4 Å². The number of allylic oxidation sites excluding steroid dienone is 4. The topological polar surface area (TPSA) is 89.8 Å². The lowest BCUT2D eigenvalue weighted by Gasteiger charge is -2.26. The fourth-order valence-corrected chi connectivity index (χ4v) is 10.0. The maximum atomic E-state index is 12.5. The molecule has 0 rings (SSSR count). The fourth-order valence-electron chi connectivity index (χ4n) is 10.0. The highest BCUT2D eigenvalue weighted by Crippen LogP contribution is 2.19. The molecule has 4 N–H and O–H groups in total. The molecule has 0 saturated heterocycles. The Morgan fingerprint density at radius 1 is 0.353 bits per heavy atom. The summed E-state index contributed by atoms with van der Waals surface area (Å²) in [6.07, 6.45) is 75.2. The summed E-state index contributed by atoms with van der Waals surface area (Å²) in [7, 11) is 0. The molecule has 0 aliphatic carbocycles. The number of unbranched alkanes of at least 4 members (excludes halogenated alkanes) is 46. The van der Waals surface area contributed by atoms with Crippen molar-refractivity contribution in [2.45, 2.75) is 366 Å². The lowest BCUT2D eigenvalue weighted by molar-refractivity contribution is -0.124. The first-order chi connectivity index (χ1) is 33.6. The van der Waals surface area contributed by atoms with Gasteiger partial charge in [0.2, 0.25) is 5.91 Å². The van der Waals surface area contributed by atoms with Crippen LogP contribution in [0.1, 0.15) is 348 Å². The van der Waals surface area contributed by atoms with Gasteiger partial charge in [0.25, 0.3) is 0 Å². The van der Waals surface area contributed by atoms with Crippen LogP contribution in [0.4, 0.5) is 0 Å². The molecule has 5 heteroatoms. The normalized spacial score (nSPS) is 13.3. The van der Waals surface area contributed by atoms with E-state index in [1.165, 1.54) is 276 Å². The molecular formula is C63H123NO4. The van der Waals surface area contributed by atoms with Crippen molar-refractivity contribution in [3.05, 3.63) is 24.3 Å². The van der Waals surface area contributed by atoms with Crippen LogP contribution in [0.25, 0.3) is 0 Å². The number of hydrogen-bond acceptors (Lipinski definition) is 4. The lowest BCUT2D eigenvalue weighted by atomic mass is 10.0. The number of hydrogen-bond donors (Lipinski definition) is 4. The Labute approximate surface area is 426 Å². The third-order valence-electron chi connectivity index (χ3n) is 14.8. The van der Waals surface area contributed by atoms with Crippen LogP contribution in [0.5, 0.6) is 0 Å². The minimum atomic E-state index is -1.16. The number of carbonyl (C=O) groups excluding carboxylic acids is 1. The monoisotopic (exact) mass is 958 g/mol. The van der Waals surface area contributed by atoms with Crippen LogP contribution in [0.2, 0.25) is 0 Å². The van der Waals surface area contributed by atoms with Gasteiger partial charge in [0, 0.05) is 6.42 Å². The molecule has 0 bridgehead atoms. The molecule has 0 aliphatic rings. The van der Waals surface area contributed by atoms with Crippen molar-refractivity contribution in [2.75, 3.05) is 6.61 Å². The highest BCUT2D eigenvalue weighted by atomic mass is 16.3. The van der Waals surface area contributed by atoms with E-state index < -0.39 is 18.2 Å². The molecule has 0 aromatic carbocycles. The van der Waals surface area contributed by atoms with E-state index in [-0.39, 0.29) is 12.5 Å². The molecule has 68 heavy (non-hydrogen) atoms. The van der Waals surface area contributed by atoms with Crippen molar-refractivity contribution in [1.82, 2.24) is 5.32 Å². The van der Waals surface area contributed by atoms with Crippen LogP contribution >= 0.6 is 0 Å². The molecule has 3 atom stereocenters. The van der Waals surface area contributed by atoms with Gasteiger partial charge in [0.05, 0.1) is 18.8 Å². The van der Waals surface area contributed by atoms with Gasteiger partial charge in [-0.25, -0.2) is 0 Å². The molecule has 0 heterocycles. The zero-order valence-corrected chi connectivity index (χ0v) is 46.3. The molecule has 3 unspecified atom stereocenters. The predicted octanol–water partition coefficient (Wildman–Crippen LogP) is 19.6. The van der Waals surface area contributed by atoms with Crippen LogP contribution in [-0.2, 0) is 4.79 Å². The molecule has 0 radical (unpaired) electrons. The Morgan fingerprint density at radius 2 is 0.603 bits per heavy atom. The first-order valence-electron chi connectivity index (χ1n) is 31.1. The van der Waals surface area contributed by atoms with E-state index >= 15 is 0 Å². The molecule has 5 nitrogen and oxygen atoms in total. The van der Waals surface area contributed by atoms with E-state index in [1.54, 1.807) is 0 Å². The second kappa shape index (κ2) is 58.4. The van der Waals surface area contributed by atoms with E-state index in [4.69, 9.17) is 0 Å². The lowest BCUT2D eigenvalue weighted by Crippen LogP contribution is -2.50. The summed E-state index contributed by atoms with van der Waals surface area (Å²) in [6.45, 7) is 4.20. The predicted molar refractivity (Wildman–Crippen MR) is 301 cm³/mol. The van der Waals surface area contributed by atoms with Crippen molar-refractivity contribution in [3.8, 4) is 0 Å². The number of aliphatic hydroxyl groups is 3. The van der Waals surface area contributed by atoms with E-state index in [9.17, 15) is 20.1 Å². The van der Waals surface area contributed by atoms with Gasteiger partial charge in [-0.15, -0.1) is 0 Å². The summed E-state index contributed by atoms with van der Waals surface area (Å²) in [5.41, 5.74) is 0.